The van der Waals surface area contributed by atoms with E-state index in [1.807, 2.05) is 12.4 Å². The molecule has 11 nitrogen and oxygen atoms in total. The second-order valence-electron chi connectivity index (χ2n) is 5.65. The van der Waals surface area contributed by atoms with Crippen molar-refractivity contribution in [2.45, 2.75) is 39.0 Å². The van der Waals surface area contributed by atoms with Crippen molar-refractivity contribution < 1.29 is 37.9 Å². The second kappa shape index (κ2) is 9.95. The molecule has 26 heavy (non-hydrogen) atoms. The van der Waals surface area contributed by atoms with Crippen molar-refractivity contribution >= 4 is 19.5 Å². The molecule has 0 aromatic carbocycles. The Kier molecular flexibility index (Phi) is 8.60. The lowest BCUT2D eigenvalue weighted by Gasteiger charge is -2.34. The standard InChI is InChI=1S/C13H24FN4O7P/c1-3-4-5-25-17-12(19)10-9(14)11(15)18(13(20)16-10)6-8(2)24-7-26(21,22)23/h8,11H,3-7,15H2,1-2H3,(H,16,20)(H,17,19)(H2,21,22,23)/t8-,11?/m1/s1. The molecule has 1 aliphatic rings. The zero-order valence-electron chi connectivity index (χ0n) is 14.5. The van der Waals surface area contributed by atoms with Crippen molar-refractivity contribution in [3.63, 3.8) is 0 Å². The van der Waals surface area contributed by atoms with Crippen LogP contribution in [0.3, 0.4) is 0 Å². The lowest BCUT2D eigenvalue weighted by Crippen LogP contribution is -2.58. The summed E-state index contributed by atoms with van der Waals surface area (Å²) in [5.41, 5.74) is 7.01. The molecule has 0 saturated carbocycles. The van der Waals surface area contributed by atoms with Gasteiger partial charge < -0.3 is 25.6 Å². The van der Waals surface area contributed by atoms with Gasteiger partial charge in [0, 0.05) is 0 Å². The molecule has 0 aliphatic carbocycles. The third-order valence-electron chi connectivity index (χ3n) is 3.30. The van der Waals surface area contributed by atoms with E-state index in [9.17, 15) is 18.5 Å². The first-order chi connectivity index (χ1) is 12.1. The predicted octanol–water partition coefficient (Wildman–Crippen LogP) is -0.134. The predicted molar refractivity (Wildman–Crippen MR) is 87.8 cm³/mol. The average molecular weight is 398 g/mol. The number of nitrogens with zero attached hydrogens (tertiary/aromatic N) is 1. The van der Waals surface area contributed by atoms with E-state index in [1.54, 1.807) is 0 Å². The molecule has 3 amide bonds. The van der Waals surface area contributed by atoms with Crippen molar-refractivity contribution in [1.29, 1.82) is 0 Å². The summed E-state index contributed by atoms with van der Waals surface area (Å²) in [5.74, 6) is -2.06. The number of unbranched alkanes of at least 4 members (excludes halogenated alkanes) is 1. The molecule has 1 rings (SSSR count). The Bertz CT molecular complexity index is 597. The number of carbonyl (C=O) groups is 2. The summed E-state index contributed by atoms with van der Waals surface area (Å²) in [6.07, 6.45) is -1.71. The number of rotatable bonds is 10. The fourth-order valence-corrected chi connectivity index (χ4v) is 2.40. The number of amides is 3. The Morgan fingerprint density at radius 1 is 1.54 bits per heavy atom. The van der Waals surface area contributed by atoms with Gasteiger partial charge in [-0.3, -0.25) is 19.1 Å². The van der Waals surface area contributed by atoms with Crippen LogP contribution in [0.15, 0.2) is 11.5 Å². The third kappa shape index (κ3) is 6.98. The van der Waals surface area contributed by atoms with E-state index < -0.39 is 49.7 Å². The van der Waals surface area contributed by atoms with E-state index in [0.717, 1.165) is 11.3 Å². The van der Waals surface area contributed by atoms with Crippen molar-refractivity contribution in [1.82, 2.24) is 15.7 Å². The molecule has 0 bridgehead atoms. The Morgan fingerprint density at radius 2 is 2.19 bits per heavy atom. The van der Waals surface area contributed by atoms with Crippen molar-refractivity contribution in [2.24, 2.45) is 5.73 Å². The summed E-state index contributed by atoms with van der Waals surface area (Å²) >= 11 is 0. The van der Waals surface area contributed by atoms with Gasteiger partial charge in [-0.05, 0) is 13.3 Å². The van der Waals surface area contributed by atoms with E-state index in [1.165, 1.54) is 6.92 Å². The molecule has 0 radical (unpaired) electrons. The Balaban J connectivity index is 2.69. The molecule has 0 fully saturated rings. The van der Waals surface area contributed by atoms with Gasteiger partial charge in [0.1, 0.15) is 18.2 Å². The maximum atomic E-state index is 14.3. The molecule has 0 saturated heterocycles. The SMILES string of the molecule is CCCCONC(=O)C1=C(F)C(N)N(C[C@@H](C)OCP(=O)(O)O)C(=O)N1. The fraction of sp³-hybridized carbons (Fsp3) is 0.692. The summed E-state index contributed by atoms with van der Waals surface area (Å²) in [7, 11) is -4.38. The topological polar surface area (TPSA) is 163 Å². The zero-order chi connectivity index (χ0) is 19.9. The van der Waals surface area contributed by atoms with Gasteiger partial charge in [-0.15, -0.1) is 0 Å². The summed E-state index contributed by atoms with van der Waals surface area (Å²) in [6, 6.07) is -0.857. The molecule has 2 atom stereocenters. The highest BCUT2D eigenvalue weighted by Crippen LogP contribution is 2.34. The molecule has 6 N–H and O–H groups in total. The molecule has 1 aliphatic heterocycles. The van der Waals surface area contributed by atoms with Gasteiger partial charge >= 0.3 is 13.6 Å². The lowest BCUT2D eigenvalue weighted by atomic mass is 10.2. The van der Waals surface area contributed by atoms with Gasteiger partial charge in [0.15, 0.2) is 5.83 Å². The maximum Gasteiger partial charge on any atom is 0.350 e. The first-order valence-electron chi connectivity index (χ1n) is 7.88. The zero-order valence-corrected chi connectivity index (χ0v) is 15.4. The van der Waals surface area contributed by atoms with Crippen LogP contribution in [0.4, 0.5) is 9.18 Å². The summed E-state index contributed by atoms with van der Waals surface area (Å²) in [4.78, 5) is 47.2. The number of hydrogen-bond donors (Lipinski definition) is 5. The Hall–Kier alpha value is -1.56. The number of hydrogen-bond acceptors (Lipinski definition) is 6. The van der Waals surface area contributed by atoms with Crippen LogP contribution in [0.5, 0.6) is 0 Å². The average Bonchev–Trinajstić information content (AvgIpc) is 2.56. The molecule has 150 valence electrons. The van der Waals surface area contributed by atoms with Crippen LogP contribution in [0.25, 0.3) is 0 Å². The van der Waals surface area contributed by atoms with Crippen LogP contribution in [0, 0.1) is 0 Å². The Labute approximate surface area is 149 Å². The number of hydroxylamine groups is 1. The highest BCUT2D eigenvalue weighted by atomic mass is 31.2. The minimum Gasteiger partial charge on any atom is -0.364 e. The molecule has 1 heterocycles. The summed E-state index contributed by atoms with van der Waals surface area (Å²) in [5, 5.41) is 2.08. The number of urea groups is 1. The normalized spacial score (nSPS) is 19.4. The van der Waals surface area contributed by atoms with Crippen LogP contribution in [-0.2, 0) is 18.9 Å². The Morgan fingerprint density at radius 3 is 2.77 bits per heavy atom. The largest absolute Gasteiger partial charge is 0.364 e. The van der Waals surface area contributed by atoms with E-state index in [2.05, 4.69) is 5.32 Å². The van der Waals surface area contributed by atoms with Crippen LogP contribution in [-0.4, -0.2) is 58.4 Å². The van der Waals surface area contributed by atoms with Gasteiger partial charge in [0.25, 0.3) is 5.91 Å². The smallest absolute Gasteiger partial charge is 0.350 e. The first kappa shape index (κ1) is 22.5. The quantitative estimate of drug-likeness (QED) is 0.193. The van der Waals surface area contributed by atoms with Crippen molar-refractivity contribution in [3.05, 3.63) is 11.5 Å². The highest BCUT2D eigenvalue weighted by Gasteiger charge is 2.36. The van der Waals surface area contributed by atoms with Gasteiger partial charge in [0.05, 0.1) is 19.3 Å². The van der Waals surface area contributed by atoms with E-state index in [4.69, 9.17) is 25.1 Å². The molecular formula is C13H24FN4O7P. The third-order valence-corrected chi connectivity index (χ3v) is 3.79. The number of ether oxygens (including phenoxy) is 1. The van der Waals surface area contributed by atoms with Gasteiger partial charge in [-0.1, -0.05) is 13.3 Å². The monoisotopic (exact) mass is 398 g/mol. The molecule has 0 spiro atoms. The molecule has 0 aromatic heterocycles. The number of carbonyl (C=O) groups excluding carboxylic acids is 2. The minimum atomic E-state index is -4.38. The van der Waals surface area contributed by atoms with Crippen LogP contribution < -0.4 is 16.5 Å². The summed E-state index contributed by atoms with van der Waals surface area (Å²) in [6.45, 7) is 3.34. The van der Waals surface area contributed by atoms with Crippen molar-refractivity contribution in [2.75, 3.05) is 19.5 Å². The maximum absolute atomic E-state index is 14.3. The fourth-order valence-electron chi connectivity index (χ4n) is 1.95. The second-order valence-corrected chi connectivity index (χ2v) is 7.24. The first-order valence-corrected chi connectivity index (χ1v) is 9.67. The molecule has 0 aromatic rings. The van der Waals surface area contributed by atoms with Gasteiger partial charge in [-0.2, -0.15) is 0 Å². The van der Waals surface area contributed by atoms with E-state index in [0.29, 0.717) is 6.42 Å². The minimum absolute atomic E-state index is 0.234. The number of nitrogens with one attached hydrogen (secondary N) is 2. The highest BCUT2D eigenvalue weighted by molar-refractivity contribution is 7.51. The van der Waals surface area contributed by atoms with Crippen LogP contribution in [0.2, 0.25) is 0 Å². The number of nitrogens with two attached hydrogens (primary N) is 1. The van der Waals surface area contributed by atoms with E-state index >= 15 is 0 Å². The summed E-state index contributed by atoms with van der Waals surface area (Å²) < 4.78 is 30.0. The molecule has 13 heteroatoms. The number of halogens is 1. The lowest BCUT2D eigenvalue weighted by molar-refractivity contribution is -0.130. The molecule has 1 unspecified atom stereocenters. The van der Waals surface area contributed by atoms with Crippen molar-refractivity contribution in [3.8, 4) is 0 Å². The van der Waals surface area contributed by atoms with E-state index in [-0.39, 0.29) is 13.2 Å². The van der Waals surface area contributed by atoms with Gasteiger partial charge in [-0.25, -0.2) is 14.7 Å². The van der Waals surface area contributed by atoms with Crippen LogP contribution in [0.1, 0.15) is 26.7 Å². The molecular weight excluding hydrogens is 374 g/mol. The van der Waals surface area contributed by atoms with Gasteiger partial charge in [0.2, 0.25) is 0 Å². The van der Waals surface area contributed by atoms with Crippen LogP contribution >= 0.6 is 7.60 Å².